The van der Waals surface area contributed by atoms with Crippen molar-refractivity contribution < 1.29 is 9.90 Å². The molecule has 0 aliphatic heterocycles. The van der Waals surface area contributed by atoms with Crippen molar-refractivity contribution >= 4 is 22.4 Å². The highest BCUT2D eigenvalue weighted by atomic mass is 16.3. The van der Waals surface area contributed by atoms with Crippen molar-refractivity contribution in [2.45, 2.75) is 33.2 Å². The summed E-state index contributed by atoms with van der Waals surface area (Å²) in [6.07, 6.45) is 0.263. The van der Waals surface area contributed by atoms with Crippen LogP contribution in [0.5, 0.6) is 5.75 Å². The summed E-state index contributed by atoms with van der Waals surface area (Å²) in [5.41, 5.74) is 6.61. The van der Waals surface area contributed by atoms with Gasteiger partial charge in [0.25, 0.3) is 0 Å². The molecule has 0 spiro atoms. The van der Waals surface area contributed by atoms with Gasteiger partial charge in [-0.05, 0) is 17.5 Å². The zero-order chi connectivity index (χ0) is 15.6. The Hall–Kier alpha value is -2.07. The fourth-order valence-corrected chi connectivity index (χ4v) is 2.11. The van der Waals surface area contributed by atoms with Crippen molar-refractivity contribution in [3.05, 3.63) is 36.4 Å². The lowest BCUT2D eigenvalue weighted by atomic mass is 9.85. The number of amides is 1. The molecule has 0 aliphatic rings. The number of aromatic hydroxyl groups is 1. The topological polar surface area (TPSA) is 75.4 Å². The summed E-state index contributed by atoms with van der Waals surface area (Å²) in [4.78, 5) is 12.1. The fourth-order valence-electron chi connectivity index (χ4n) is 2.11. The van der Waals surface area contributed by atoms with E-state index in [4.69, 9.17) is 5.73 Å². The van der Waals surface area contributed by atoms with Crippen LogP contribution in [0.1, 0.15) is 27.2 Å². The number of carbonyl (C=O) groups excluding carboxylic acids is 1. The maximum Gasteiger partial charge on any atom is 0.225 e. The summed E-state index contributed by atoms with van der Waals surface area (Å²) in [6.45, 7) is 6.04. The van der Waals surface area contributed by atoms with Gasteiger partial charge in [-0.3, -0.25) is 4.79 Å². The maximum absolute atomic E-state index is 12.1. The fraction of sp³-hybridized carbons (Fsp3) is 0.353. The first kappa shape index (κ1) is 15.3. The second kappa shape index (κ2) is 5.74. The number of phenols is 1. The first-order valence-electron chi connectivity index (χ1n) is 7.05. The Morgan fingerprint density at radius 2 is 1.81 bits per heavy atom. The number of nitrogens with two attached hydrogens (primary N) is 1. The van der Waals surface area contributed by atoms with Gasteiger partial charge in [0.05, 0.1) is 0 Å². The van der Waals surface area contributed by atoms with Crippen LogP contribution in [-0.4, -0.2) is 17.1 Å². The Bertz CT molecular complexity index is 659. The van der Waals surface area contributed by atoms with Crippen molar-refractivity contribution in [2.75, 3.05) is 5.32 Å². The van der Waals surface area contributed by atoms with Crippen LogP contribution in [-0.2, 0) is 4.79 Å². The van der Waals surface area contributed by atoms with Crippen LogP contribution >= 0.6 is 0 Å². The number of hydrogen-bond acceptors (Lipinski definition) is 3. The Morgan fingerprint density at radius 3 is 2.48 bits per heavy atom. The molecule has 112 valence electrons. The van der Waals surface area contributed by atoms with Crippen molar-refractivity contribution in [1.29, 1.82) is 0 Å². The number of rotatable bonds is 3. The molecule has 0 saturated heterocycles. The SMILES string of the molecule is CC(C)(C)C(N)CC(=O)Nc1cccc2c(O)cccc12. The molecule has 4 N–H and O–H groups in total. The van der Waals surface area contributed by atoms with Gasteiger partial charge in [0, 0.05) is 28.9 Å². The number of benzene rings is 2. The molecule has 0 fully saturated rings. The zero-order valence-electron chi connectivity index (χ0n) is 12.7. The van der Waals surface area contributed by atoms with Crippen LogP contribution in [0.3, 0.4) is 0 Å². The van der Waals surface area contributed by atoms with Crippen molar-refractivity contribution in [3.8, 4) is 5.75 Å². The van der Waals surface area contributed by atoms with E-state index in [-0.39, 0.29) is 29.5 Å². The second-order valence-electron chi connectivity index (χ2n) is 6.40. The van der Waals surface area contributed by atoms with Crippen molar-refractivity contribution in [2.24, 2.45) is 11.1 Å². The summed E-state index contributed by atoms with van der Waals surface area (Å²) in [5, 5.41) is 14.3. The third-order valence-corrected chi connectivity index (χ3v) is 3.69. The first-order valence-corrected chi connectivity index (χ1v) is 7.05. The van der Waals surface area contributed by atoms with E-state index in [0.29, 0.717) is 5.69 Å². The molecule has 4 nitrogen and oxygen atoms in total. The third-order valence-electron chi connectivity index (χ3n) is 3.69. The smallest absolute Gasteiger partial charge is 0.225 e. The highest BCUT2D eigenvalue weighted by Crippen LogP contribution is 2.30. The van der Waals surface area contributed by atoms with Gasteiger partial charge in [-0.2, -0.15) is 0 Å². The number of hydrogen-bond donors (Lipinski definition) is 3. The van der Waals surface area contributed by atoms with Gasteiger partial charge in [-0.15, -0.1) is 0 Å². The summed E-state index contributed by atoms with van der Waals surface area (Å²) < 4.78 is 0. The summed E-state index contributed by atoms with van der Waals surface area (Å²) in [5.74, 6) is 0.0864. The van der Waals surface area contributed by atoms with E-state index in [0.717, 1.165) is 10.8 Å². The molecule has 1 atom stereocenters. The molecule has 1 unspecified atom stereocenters. The summed E-state index contributed by atoms with van der Waals surface area (Å²) in [6, 6.07) is 10.5. The minimum absolute atomic E-state index is 0.117. The van der Waals surface area contributed by atoms with E-state index < -0.39 is 0 Å². The maximum atomic E-state index is 12.1. The van der Waals surface area contributed by atoms with Crippen LogP contribution in [0.15, 0.2) is 36.4 Å². The average molecular weight is 286 g/mol. The number of fused-ring (bicyclic) bond motifs is 1. The molecule has 0 aliphatic carbocycles. The Kier molecular flexibility index (Phi) is 4.19. The monoisotopic (exact) mass is 286 g/mol. The van der Waals surface area contributed by atoms with Crippen LogP contribution in [0.2, 0.25) is 0 Å². The highest BCUT2D eigenvalue weighted by molar-refractivity contribution is 6.04. The van der Waals surface area contributed by atoms with E-state index in [2.05, 4.69) is 5.32 Å². The molecule has 2 rings (SSSR count). The molecular formula is C17H22N2O2. The number of carbonyl (C=O) groups is 1. The quantitative estimate of drug-likeness (QED) is 0.810. The summed E-state index contributed by atoms with van der Waals surface area (Å²) in [7, 11) is 0. The predicted octanol–water partition coefficient (Wildman–Crippen LogP) is 3.25. The first-order chi connectivity index (χ1) is 9.79. The van der Waals surface area contributed by atoms with E-state index in [9.17, 15) is 9.90 Å². The van der Waals surface area contributed by atoms with Gasteiger partial charge in [0.15, 0.2) is 0 Å². The van der Waals surface area contributed by atoms with E-state index in [1.807, 2.05) is 39.0 Å². The molecule has 0 bridgehead atoms. The van der Waals surface area contributed by atoms with Crippen LogP contribution in [0.25, 0.3) is 10.8 Å². The largest absolute Gasteiger partial charge is 0.507 e. The number of phenolic OH excluding ortho intramolecular Hbond substituents is 1. The highest BCUT2D eigenvalue weighted by Gasteiger charge is 2.23. The van der Waals surface area contributed by atoms with Gasteiger partial charge < -0.3 is 16.2 Å². The lowest BCUT2D eigenvalue weighted by molar-refractivity contribution is -0.117. The molecule has 2 aromatic carbocycles. The minimum atomic E-state index is -0.208. The molecule has 2 aromatic rings. The molecule has 0 aromatic heterocycles. The zero-order valence-corrected chi connectivity index (χ0v) is 12.7. The minimum Gasteiger partial charge on any atom is -0.507 e. The molecule has 0 saturated carbocycles. The standard InChI is InChI=1S/C17H22N2O2/c1-17(2,3)15(18)10-16(21)19-13-8-4-7-12-11(13)6-5-9-14(12)20/h4-9,15,20H,10,18H2,1-3H3,(H,19,21). The molecular weight excluding hydrogens is 264 g/mol. The predicted molar refractivity (Wildman–Crippen MR) is 86.3 cm³/mol. The summed E-state index contributed by atoms with van der Waals surface area (Å²) >= 11 is 0. The van der Waals surface area contributed by atoms with Crippen molar-refractivity contribution in [3.63, 3.8) is 0 Å². The molecule has 0 radical (unpaired) electrons. The average Bonchev–Trinajstić information content (AvgIpc) is 2.38. The van der Waals surface area contributed by atoms with Gasteiger partial charge in [-0.25, -0.2) is 0 Å². The van der Waals surface area contributed by atoms with E-state index in [1.54, 1.807) is 18.2 Å². The van der Waals surface area contributed by atoms with Crippen LogP contribution in [0.4, 0.5) is 5.69 Å². The van der Waals surface area contributed by atoms with Crippen LogP contribution < -0.4 is 11.1 Å². The normalized spacial score (nSPS) is 13.1. The van der Waals surface area contributed by atoms with Gasteiger partial charge in [0.2, 0.25) is 5.91 Å². The molecule has 21 heavy (non-hydrogen) atoms. The number of nitrogens with one attached hydrogen (secondary N) is 1. The molecule has 4 heteroatoms. The van der Waals surface area contributed by atoms with E-state index in [1.165, 1.54) is 0 Å². The Balaban J connectivity index is 2.21. The van der Waals surface area contributed by atoms with Gasteiger partial charge >= 0.3 is 0 Å². The lowest BCUT2D eigenvalue weighted by Gasteiger charge is -2.26. The third kappa shape index (κ3) is 3.52. The molecule has 0 heterocycles. The number of anilines is 1. The van der Waals surface area contributed by atoms with Gasteiger partial charge in [0.1, 0.15) is 5.75 Å². The van der Waals surface area contributed by atoms with E-state index >= 15 is 0 Å². The lowest BCUT2D eigenvalue weighted by Crippen LogP contribution is -2.38. The van der Waals surface area contributed by atoms with Crippen LogP contribution in [0, 0.1) is 5.41 Å². The van der Waals surface area contributed by atoms with Gasteiger partial charge in [-0.1, -0.05) is 45.0 Å². The molecule has 1 amide bonds. The second-order valence-corrected chi connectivity index (χ2v) is 6.40. The van der Waals surface area contributed by atoms with Crippen molar-refractivity contribution in [1.82, 2.24) is 0 Å². The Labute approximate surface area is 125 Å². The Morgan fingerprint density at radius 1 is 1.19 bits per heavy atom.